The summed E-state index contributed by atoms with van der Waals surface area (Å²) in [6.07, 6.45) is 2.71. The minimum atomic E-state index is -0.0588. The second-order valence-electron chi connectivity index (χ2n) is 6.89. The van der Waals surface area contributed by atoms with E-state index in [9.17, 15) is 4.79 Å². The minimum absolute atomic E-state index is 0.0588. The number of urea groups is 1. The fourth-order valence-electron chi connectivity index (χ4n) is 3.68. The van der Waals surface area contributed by atoms with Crippen LogP contribution in [-0.4, -0.2) is 38.6 Å². The number of nitrogens with zero attached hydrogens (tertiary/aromatic N) is 4. The van der Waals surface area contributed by atoms with Crippen LogP contribution in [0.3, 0.4) is 0 Å². The molecule has 1 aromatic carbocycles. The molecule has 1 N–H and O–H groups in total. The smallest absolute Gasteiger partial charge is 0.321 e. The van der Waals surface area contributed by atoms with Crippen molar-refractivity contribution in [3.05, 3.63) is 52.4 Å². The Bertz CT molecular complexity index is 999. The van der Waals surface area contributed by atoms with Crippen molar-refractivity contribution in [1.29, 1.82) is 0 Å². The van der Waals surface area contributed by atoms with Crippen LogP contribution < -0.4 is 5.32 Å². The highest BCUT2D eigenvalue weighted by atomic mass is 79.9. The Kier molecular flexibility index (Phi) is 4.86. The van der Waals surface area contributed by atoms with Crippen LogP contribution in [0.25, 0.3) is 11.2 Å². The number of aromatic nitrogens is 3. The number of rotatable bonds is 3. The lowest BCUT2D eigenvalue weighted by Gasteiger charge is -2.18. The molecule has 2 aromatic heterocycles. The van der Waals surface area contributed by atoms with Crippen molar-refractivity contribution >= 4 is 38.8 Å². The van der Waals surface area contributed by atoms with E-state index in [1.807, 2.05) is 42.2 Å². The van der Waals surface area contributed by atoms with Crippen molar-refractivity contribution in [3.63, 3.8) is 0 Å². The molecule has 27 heavy (non-hydrogen) atoms. The van der Waals surface area contributed by atoms with Gasteiger partial charge in [0.15, 0.2) is 5.65 Å². The fraction of sp³-hybridized carbons (Fsp3) is 0.350. The Hall–Kier alpha value is -2.41. The molecule has 1 aliphatic rings. The first-order chi connectivity index (χ1) is 13.1. The number of carbonyl (C=O) groups is 1. The molecule has 2 amide bonds. The maximum absolute atomic E-state index is 12.7. The van der Waals surface area contributed by atoms with Gasteiger partial charge in [-0.25, -0.2) is 14.8 Å². The molecule has 6 nitrogen and oxygen atoms in total. The largest absolute Gasteiger partial charge is 0.324 e. The van der Waals surface area contributed by atoms with E-state index in [4.69, 9.17) is 4.98 Å². The number of carbonyl (C=O) groups excluding carboxylic acids is 1. The molecule has 1 aliphatic heterocycles. The molecular formula is C20H22BrN5O. The third-order valence-corrected chi connectivity index (χ3v) is 5.99. The summed E-state index contributed by atoms with van der Waals surface area (Å²) in [7, 11) is 0. The zero-order chi connectivity index (χ0) is 19.0. The van der Waals surface area contributed by atoms with Gasteiger partial charge in [0.05, 0.1) is 0 Å². The zero-order valence-corrected chi connectivity index (χ0v) is 17.0. The number of amides is 2. The van der Waals surface area contributed by atoms with Gasteiger partial charge in [0.2, 0.25) is 0 Å². The quantitative estimate of drug-likeness (QED) is 0.666. The summed E-state index contributed by atoms with van der Waals surface area (Å²) in [6, 6.07) is 9.68. The lowest BCUT2D eigenvalue weighted by molar-refractivity contribution is 0.222. The maximum atomic E-state index is 12.7. The molecule has 1 saturated heterocycles. The maximum Gasteiger partial charge on any atom is 0.321 e. The summed E-state index contributed by atoms with van der Waals surface area (Å²) in [6.45, 7) is 6.34. The summed E-state index contributed by atoms with van der Waals surface area (Å²) in [5.74, 6) is 1.26. The number of halogens is 1. The number of aryl methyl sites for hydroxylation is 2. The molecular weight excluding hydrogens is 406 g/mol. The van der Waals surface area contributed by atoms with Crippen LogP contribution >= 0.6 is 15.9 Å². The third kappa shape index (κ3) is 3.43. The van der Waals surface area contributed by atoms with E-state index < -0.39 is 0 Å². The number of fused-ring (bicyclic) bond motifs is 1. The van der Waals surface area contributed by atoms with Crippen LogP contribution in [-0.2, 0) is 6.54 Å². The number of benzene rings is 1. The van der Waals surface area contributed by atoms with Gasteiger partial charge in [0.1, 0.15) is 11.3 Å². The lowest BCUT2D eigenvalue weighted by atomic mass is 10.1. The molecule has 4 rings (SSSR count). The molecule has 140 valence electrons. The van der Waals surface area contributed by atoms with E-state index in [0.717, 1.165) is 52.2 Å². The van der Waals surface area contributed by atoms with Crippen molar-refractivity contribution in [2.24, 2.45) is 0 Å². The number of likely N-dealkylation sites (tertiary alicyclic amines) is 1. The molecule has 0 aliphatic carbocycles. The van der Waals surface area contributed by atoms with Gasteiger partial charge < -0.3 is 14.8 Å². The number of pyridine rings is 1. The predicted molar refractivity (Wildman–Crippen MR) is 110 cm³/mol. The van der Waals surface area contributed by atoms with Gasteiger partial charge in [-0.15, -0.1) is 0 Å². The molecule has 0 bridgehead atoms. The van der Waals surface area contributed by atoms with E-state index in [1.165, 1.54) is 0 Å². The molecule has 3 heterocycles. The normalized spacial score (nSPS) is 16.9. The summed E-state index contributed by atoms with van der Waals surface area (Å²) in [5.41, 5.74) is 3.75. The van der Waals surface area contributed by atoms with Crippen LogP contribution in [0.4, 0.5) is 10.5 Å². The van der Waals surface area contributed by atoms with Crippen LogP contribution in [0, 0.1) is 6.92 Å². The number of anilines is 1. The number of hydrogen-bond donors (Lipinski definition) is 1. The third-order valence-electron chi connectivity index (χ3n) is 5.10. The Morgan fingerprint density at radius 1 is 1.37 bits per heavy atom. The van der Waals surface area contributed by atoms with Crippen molar-refractivity contribution in [1.82, 2.24) is 19.4 Å². The highest BCUT2D eigenvalue weighted by Gasteiger charge is 2.31. The van der Waals surface area contributed by atoms with Crippen molar-refractivity contribution in [3.8, 4) is 0 Å². The second-order valence-corrected chi connectivity index (χ2v) is 7.74. The van der Waals surface area contributed by atoms with E-state index in [2.05, 4.69) is 37.7 Å². The van der Waals surface area contributed by atoms with Gasteiger partial charge in [-0.1, -0.05) is 15.9 Å². The minimum Gasteiger partial charge on any atom is -0.324 e. The Labute approximate surface area is 166 Å². The highest BCUT2D eigenvalue weighted by molar-refractivity contribution is 9.10. The first-order valence-corrected chi connectivity index (χ1v) is 9.99. The van der Waals surface area contributed by atoms with Gasteiger partial charge in [0.25, 0.3) is 0 Å². The molecule has 1 atom stereocenters. The Balaban J connectivity index is 1.50. The van der Waals surface area contributed by atoms with Crippen LogP contribution in [0.2, 0.25) is 0 Å². The van der Waals surface area contributed by atoms with Crippen molar-refractivity contribution in [2.45, 2.75) is 32.7 Å². The lowest BCUT2D eigenvalue weighted by Crippen LogP contribution is -2.33. The van der Waals surface area contributed by atoms with Gasteiger partial charge >= 0.3 is 6.03 Å². The van der Waals surface area contributed by atoms with Gasteiger partial charge in [-0.3, -0.25) is 0 Å². The first-order valence-electron chi connectivity index (χ1n) is 9.20. The molecule has 0 saturated carbocycles. The number of nitrogens with one attached hydrogen (secondary N) is 1. The fourth-order valence-corrected chi connectivity index (χ4v) is 3.93. The van der Waals surface area contributed by atoms with E-state index in [-0.39, 0.29) is 11.9 Å². The van der Waals surface area contributed by atoms with Crippen molar-refractivity contribution < 1.29 is 4.79 Å². The zero-order valence-electron chi connectivity index (χ0n) is 15.4. The average molecular weight is 428 g/mol. The van der Waals surface area contributed by atoms with Gasteiger partial charge in [0, 0.05) is 41.9 Å². The molecule has 7 heteroatoms. The standard InChI is InChI=1S/C20H22BrN5O/c1-3-26-18(24-17-5-4-9-22-19(17)26)14-8-10-25(12-14)20(27)23-15-6-7-16(21)13(2)11-15/h4-7,9,11,14H,3,8,10,12H2,1-2H3,(H,23,27)/t14-/m0/s1. The molecule has 0 radical (unpaired) electrons. The Morgan fingerprint density at radius 3 is 3.00 bits per heavy atom. The second kappa shape index (κ2) is 7.31. The molecule has 3 aromatic rings. The predicted octanol–water partition coefficient (Wildman–Crippen LogP) is 4.54. The van der Waals surface area contributed by atoms with Crippen molar-refractivity contribution in [2.75, 3.05) is 18.4 Å². The van der Waals surface area contributed by atoms with E-state index in [0.29, 0.717) is 6.54 Å². The summed E-state index contributed by atoms with van der Waals surface area (Å²) in [5, 5.41) is 3.01. The average Bonchev–Trinajstić information content (AvgIpc) is 3.29. The highest BCUT2D eigenvalue weighted by Crippen LogP contribution is 2.29. The van der Waals surface area contributed by atoms with Crippen LogP contribution in [0.1, 0.15) is 30.7 Å². The summed E-state index contributed by atoms with van der Waals surface area (Å²) < 4.78 is 3.20. The number of imidazole rings is 1. The van der Waals surface area contributed by atoms with Gasteiger partial charge in [-0.2, -0.15) is 0 Å². The van der Waals surface area contributed by atoms with Crippen LogP contribution in [0.5, 0.6) is 0 Å². The van der Waals surface area contributed by atoms with Crippen LogP contribution in [0.15, 0.2) is 41.0 Å². The monoisotopic (exact) mass is 427 g/mol. The SMILES string of the molecule is CCn1c([C@H]2CCN(C(=O)Nc3ccc(Br)c(C)c3)C2)nc2cccnc21. The Morgan fingerprint density at radius 2 is 2.22 bits per heavy atom. The topological polar surface area (TPSA) is 63.1 Å². The summed E-state index contributed by atoms with van der Waals surface area (Å²) in [4.78, 5) is 23.8. The summed E-state index contributed by atoms with van der Waals surface area (Å²) >= 11 is 3.49. The molecule has 0 spiro atoms. The van der Waals surface area contributed by atoms with E-state index in [1.54, 1.807) is 6.20 Å². The van der Waals surface area contributed by atoms with Gasteiger partial charge in [-0.05, 0) is 56.2 Å². The first kappa shape index (κ1) is 18.0. The number of hydrogen-bond acceptors (Lipinski definition) is 3. The van der Waals surface area contributed by atoms with E-state index >= 15 is 0 Å². The molecule has 1 fully saturated rings. The molecule has 0 unspecified atom stereocenters.